The molecule has 0 radical (unpaired) electrons. The van der Waals surface area contributed by atoms with Crippen molar-refractivity contribution < 1.29 is 9.59 Å². The van der Waals surface area contributed by atoms with Gasteiger partial charge in [0.05, 0.1) is 17.8 Å². The van der Waals surface area contributed by atoms with Crippen LogP contribution in [0.3, 0.4) is 0 Å². The van der Waals surface area contributed by atoms with Crippen LogP contribution in [0.1, 0.15) is 26.3 Å². The first-order chi connectivity index (χ1) is 14.0. The van der Waals surface area contributed by atoms with Gasteiger partial charge < -0.3 is 10.6 Å². The number of carbonyl (C=O) groups is 2. The average Bonchev–Trinajstić information content (AvgIpc) is 2.75. The average molecular weight is 403 g/mol. The molecule has 1 aromatic heterocycles. The number of rotatable bonds is 5. The van der Waals surface area contributed by atoms with E-state index in [0.717, 1.165) is 5.56 Å². The van der Waals surface area contributed by atoms with Crippen molar-refractivity contribution in [1.82, 2.24) is 4.98 Å². The number of amides is 2. The minimum absolute atomic E-state index is 0.193. The molecule has 0 saturated heterocycles. The highest BCUT2D eigenvalue weighted by molar-refractivity contribution is 6.31. The molecule has 0 spiro atoms. The molecule has 0 atom stereocenters. The smallest absolute Gasteiger partial charge is 0.258 e. The van der Waals surface area contributed by atoms with E-state index in [2.05, 4.69) is 27.0 Å². The quantitative estimate of drug-likeness (QED) is 0.558. The maximum atomic E-state index is 12.7. The van der Waals surface area contributed by atoms with Crippen LogP contribution in [0.15, 0.2) is 67.4 Å². The first kappa shape index (κ1) is 19.8. The summed E-state index contributed by atoms with van der Waals surface area (Å²) in [5.41, 5.74) is 2.11. The number of benzene rings is 2. The molecule has 6 nitrogen and oxygen atoms in total. The fraction of sp³-hybridized carbons (Fsp3) is 0. The van der Waals surface area contributed by atoms with Gasteiger partial charge in [-0.15, -0.1) is 0 Å². The van der Waals surface area contributed by atoms with Crippen LogP contribution in [0.4, 0.5) is 17.2 Å². The summed E-state index contributed by atoms with van der Waals surface area (Å²) in [6, 6.07) is 14.2. The lowest BCUT2D eigenvalue weighted by Gasteiger charge is -2.12. The van der Waals surface area contributed by atoms with Crippen molar-refractivity contribution in [3.63, 3.8) is 0 Å². The lowest BCUT2D eigenvalue weighted by atomic mass is 10.1. The van der Waals surface area contributed by atoms with Crippen LogP contribution in [-0.4, -0.2) is 16.8 Å². The molecule has 1 heterocycles. The van der Waals surface area contributed by atoms with Crippen LogP contribution in [0.5, 0.6) is 0 Å². The first-order valence-electron chi connectivity index (χ1n) is 8.48. The van der Waals surface area contributed by atoms with Gasteiger partial charge in [-0.25, -0.2) is 9.83 Å². The number of anilines is 2. The van der Waals surface area contributed by atoms with Crippen LogP contribution < -0.4 is 10.6 Å². The Balaban J connectivity index is 1.82. The van der Waals surface area contributed by atoms with Gasteiger partial charge in [-0.05, 0) is 35.9 Å². The largest absolute Gasteiger partial charge is 0.321 e. The molecular formula is C22H15ClN4O2. The second-order valence-electron chi connectivity index (χ2n) is 5.94. The van der Waals surface area contributed by atoms with Crippen molar-refractivity contribution in [1.29, 1.82) is 0 Å². The molecule has 0 bridgehead atoms. The van der Waals surface area contributed by atoms with E-state index in [4.69, 9.17) is 18.2 Å². The monoisotopic (exact) mass is 402 g/mol. The van der Waals surface area contributed by atoms with Crippen LogP contribution >= 0.6 is 11.6 Å². The van der Waals surface area contributed by atoms with Crippen molar-refractivity contribution in [2.24, 2.45) is 0 Å². The number of nitrogens with one attached hydrogen (secondary N) is 2. The van der Waals surface area contributed by atoms with Crippen molar-refractivity contribution in [3.8, 4) is 0 Å². The van der Waals surface area contributed by atoms with Gasteiger partial charge in [-0.3, -0.25) is 9.59 Å². The van der Waals surface area contributed by atoms with Gasteiger partial charge in [0, 0.05) is 16.8 Å². The molecule has 29 heavy (non-hydrogen) atoms. The Labute approximate surface area is 172 Å². The predicted octanol–water partition coefficient (Wildman–Crippen LogP) is 5.43. The van der Waals surface area contributed by atoms with E-state index in [1.165, 1.54) is 6.07 Å². The molecule has 0 aliphatic heterocycles. The topological polar surface area (TPSA) is 75.5 Å². The van der Waals surface area contributed by atoms with Gasteiger partial charge in [-0.1, -0.05) is 48.5 Å². The number of carbonyl (C=O) groups excluding carboxylic acids is 2. The molecule has 0 unspecified atom stereocenters. The van der Waals surface area contributed by atoms with Crippen LogP contribution in [-0.2, 0) is 0 Å². The Kier molecular flexibility index (Phi) is 6.03. The summed E-state index contributed by atoms with van der Waals surface area (Å²) < 4.78 is 0. The number of hydrogen-bond donors (Lipinski definition) is 2. The third kappa shape index (κ3) is 4.86. The maximum Gasteiger partial charge on any atom is 0.258 e. The summed E-state index contributed by atoms with van der Waals surface area (Å²) in [6.45, 7) is 10.6. The summed E-state index contributed by atoms with van der Waals surface area (Å²) in [7, 11) is 0. The summed E-state index contributed by atoms with van der Waals surface area (Å²) in [4.78, 5) is 32.7. The standard InChI is InChI=1S/C22H15ClN4O2/c1-3-14-4-11-20(25-13-14)27-22(29)18-12-16(23)7-10-19(18)26-21(28)15-5-8-17(24-2)9-6-15/h3-13H,1H2,(H,26,28)(H,25,27,29). The molecule has 7 heteroatoms. The number of nitrogens with zero attached hydrogens (tertiary/aromatic N) is 2. The summed E-state index contributed by atoms with van der Waals surface area (Å²) in [5, 5.41) is 5.74. The van der Waals surface area contributed by atoms with E-state index in [1.54, 1.807) is 60.8 Å². The third-order valence-corrected chi connectivity index (χ3v) is 4.23. The van der Waals surface area contributed by atoms with Gasteiger partial charge in [0.25, 0.3) is 11.8 Å². The van der Waals surface area contributed by atoms with Gasteiger partial charge in [0.15, 0.2) is 5.69 Å². The summed E-state index contributed by atoms with van der Waals surface area (Å²) >= 11 is 6.04. The second-order valence-corrected chi connectivity index (χ2v) is 6.37. The van der Waals surface area contributed by atoms with E-state index in [-0.39, 0.29) is 5.56 Å². The van der Waals surface area contributed by atoms with Gasteiger partial charge >= 0.3 is 0 Å². The van der Waals surface area contributed by atoms with E-state index in [0.29, 0.717) is 27.8 Å². The summed E-state index contributed by atoms with van der Waals surface area (Å²) in [5.74, 6) is -0.524. The van der Waals surface area contributed by atoms with Crippen LogP contribution in [0, 0.1) is 6.57 Å². The molecule has 0 aliphatic carbocycles. The minimum atomic E-state index is -0.468. The lowest BCUT2D eigenvalue weighted by molar-refractivity contribution is 0.102. The van der Waals surface area contributed by atoms with Crippen LogP contribution in [0.25, 0.3) is 10.9 Å². The zero-order chi connectivity index (χ0) is 20.8. The van der Waals surface area contributed by atoms with E-state index < -0.39 is 11.8 Å². The van der Waals surface area contributed by atoms with Crippen molar-refractivity contribution in [3.05, 3.63) is 101 Å². The lowest BCUT2D eigenvalue weighted by Crippen LogP contribution is -2.18. The zero-order valence-corrected chi connectivity index (χ0v) is 15.9. The molecular weight excluding hydrogens is 388 g/mol. The zero-order valence-electron chi connectivity index (χ0n) is 15.1. The summed E-state index contributed by atoms with van der Waals surface area (Å²) in [6.07, 6.45) is 3.23. The predicted molar refractivity (Wildman–Crippen MR) is 114 cm³/mol. The first-order valence-corrected chi connectivity index (χ1v) is 8.86. The van der Waals surface area contributed by atoms with Crippen molar-refractivity contribution >= 4 is 46.7 Å². The molecule has 0 fully saturated rings. The molecule has 0 saturated carbocycles. The normalized spacial score (nSPS) is 9.93. The number of hydrogen-bond acceptors (Lipinski definition) is 3. The van der Waals surface area contributed by atoms with Crippen molar-refractivity contribution in [2.75, 3.05) is 10.6 Å². The Bertz CT molecular complexity index is 1120. The van der Waals surface area contributed by atoms with E-state index >= 15 is 0 Å². The molecule has 3 rings (SSSR count). The molecule has 142 valence electrons. The Morgan fingerprint density at radius 2 is 1.79 bits per heavy atom. The Hall–Kier alpha value is -3.95. The fourth-order valence-corrected chi connectivity index (χ4v) is 2.65. The van der Waals surface area contributed by atoms with Crippen LogP contribution in [0.2, 0.25) is 5.02 Å². The molecule has 2 N–H and O–H groups in total. The van der Waals surface area contributed by atoms with Crippen molar-refractivity contribution in [2.45, 2.75) is 0 Å². The highest BCUT2D eigenvalue weighted by Gasteiger charge is 2.16. The van der Waals surface area contributed by atoms with E-state index in [9.17, 15) is 9.59 Å². The number of aromatic nitrogens is 1. The van der Waals surface area contributed by atoms with Gasteiger partial charge in [-0.2, -0.15) is 0 Å². The third-order valence-electron chi connectivity index (χ3n) is 4.00. The van der Waals surface area contributed by atoms with Gasteiger partial charge in [0.2, 0.25) is 0 Å². The molecule has 0 aliphatic rings. The highest BCUT2D eigenvalue weighted by Crippen LogP contribution is 2.23. The van der Waals surface area contributed by atoms with Gasteiger partial charge in [0.1, 0.15) is 5.82 Å². The Morgan fingerprint density at radius 1 is 1.03 bits per heavy atom. The Morgan fingerprint density at radius 3 is 2.41 bits per heavy atom. The number of halogens is 1. The fourth-order valence-electron chi connectivity index (χ4n) is 2.48. The SMILES string of the molecule is [C-]#[N+]c1ccc(C(=O)Nc2ccc(Cl)cc2C(=O)Nc2ccc(C=C)cn2)cc1. The van der Waals surface area contributed by atoms with E-state index in [1.807, 2.05) is 0 Å². The maximum absolute atomic E-state index is 12.7. The molecule has 2 amide bonds. The highest BCUT2D eigenvalue weighted by atomic mass is 35.5. The molecule has 3 aromatic rings. The second kappa shape index (κ2) is 8.83. The minimum Gasteiger partial charge on any atom is -0.321 e. The molecule has 2 aromatic carbocycles. The number of pyridine rings is 1.